The SMILES string of the molecule is C=C(CCC=C(C)CCC=C(C)C)C1CC1. The van der Waals surface area contributed by atoms with Gasteiger partial charge in [0.05, 0.1) is 0 Å². The minimum Gasteiger partial charge on any atom is -0.0996 e. The Morgan fingerprint density at radius 3 is 2.25 bits per heavy atom. The predicted octanol–water partition coefficient (Wildman–Crippen LogP) is 5.43. The normalized spacial score (nSPS) is 16.1. The third kappa shape index (κ3) is 5.95. The second kappa shape index (κ2) is 6.73. The van der Waals surface area contributed by atoms with E-state index in [2.05, 4.69) is 39.5 Å². The van der Waals surface area contributed by atoms with Gasteiger partial charge >= 0.3 is 0 Å². The second-order valence-electron chi connectivity index (χ2n) is 5.34. The van der Waals surface area contributed by atoms with E-state index in [0.29, 0.717) is 0 Å². The van der Waals surface area contributed by atoms with Crippen molar-refractivity contribution in [3.8, 4) is 0 Å². The van der Waals surface area contributed by atoms with Crippen LogP contribution >= 0.6 is 0 Å². The zero-order valence-corrected chi connectivity index (χ0v) is 11.2. The number of hydrogen-bond donors (Lipinski definition) is 0. The van der Waals surface area contributed by atoms with E-state index in [1.54, 1.807) is 0 Å². The molecule has 0 unspecified atom stereocenters. The Kier molecular flexibility index (Phi) is 5.59. The van der Waals surface area contributed by atoms with Gasteiger partial charge in [-0.05, 0) is 65.2 Å². The first-order valence-corrected chi connectivity index (χ1v) is 6.56. The third-order valence-electron chi connectivity index (χ3n) is 3.20. The number of allylic oxidation sites excluding steroid dienone is 5. The fourth-order valence-corrected chi connectivity index (χ4v) is 1.89. The summed E-state index contributed by atoms with van der Waals surface area (Å²) in [5, 5.41) is 0. The van der Waals surface area contributed by atoms with Gasteiger partial charge in [-0.1, -0.05) is 35.5 Å². The molecule has 0 aromatic heterocycles. The van der Waals surface area contributed by atoms with E-state index in [0.717, 1.165) is 5.92 Å². The largest absolute Gasteiger partial charge is 0.0996 e. The molecule has 0 aromatic rings. The molecule has 0 aromatic carbocycles. The summed E-state index contributed by atoms with van der Waals surface area (Å²) in [4.78, 5) is 0. The summed E-state index contributed by atoms with van der Waals surface area (Å²) in [5.74, 6) is 0.874. The van der Waals surface area contributed by atoms with Crippen LogP contribution < -0.4 is 0 Å². The minimum atomic E-state index is 0.874. The zero-order valence-electron chi connectivity index (χ0n) is 11.2. The average molecular weight is 218 g/mol. The lowest BCUT2D eigenvalue weighted by Gasteiger charge is -2.02. The van der Waals surface area contributed by atoms with Crippen LogP contribution in [0.5, 0.6) is 0 Å². The summed E-state index contributed by atoms with van der Waals surface area (Å²) in [6.45, 7) is 10.7. The predicted molar refractivity (Wildman–Crippen MR) is 73.5 cm³/mol. The van der Waals surface area contributed by atoms with E-state index < -0.39 is 0 Å². The molecule has 0 radical (unpaired) electrons. The molecule has 1 fully saturated rings. The second-order valence-corrected chi connectivity index (χ2v) is 5.34. The topological polar surface area (TPSA) is 0 Å². The van der Waals surface area contributed by atoms with E-state index in [9.17, 15) is 0 Å². The van der Waals surface area contributed by atoms with Crippen molar-refractivity contribution in [3.05, 3.63) is 35.5 Å². The molecule has 0 heterocycles. The first kappa shape index (κ1) is 13.3. The lowest BCUT2D eigenvalue weighted by atomic mass is 10.0. The van der Waals surface area contributed by atoms with Gasteiger partial charge in [0, 0.05) is 0 Å². The molecule has 1 rings (SSSR count). The molecule has 0 bridgehead atoms. The Morgan fingerprint density at radius 2 is 1.69 bits per heavy atom. The maximum Gasteiger partial charge on any atom is -0.0205 e. The maximum atomic E-state index is 4.16. The van der Waals surface area contributed by atoms with Crippen molar-refractivity contribution in [2.24, 2.45) is 5.92 Å². The Balaban J connectivity index is 2.12. The number of rotatable bonds is 7. The first-order chi connectivity index (χ1) is 7.59. The molecule has 1 saturated carbocycles. The minimum absolute atomic E-state index is 0.874. The van der Waals surface area contributed by atoms with Crippen molar-refractivity contribution in [3.63, 3.8) is 0 Å². The summed E-state index contributed by atoms with van der Waals surface area (Å²) in [6.07, 6.45) is 12.3. The zero-order chi connectivity index (χ0) is 12.0. The molecule has 0 amide bonds. The summed E-state index contributed by atoms with van der Waals surface area (Å²) in [6, 6.07) is 0. The fourth-order valence-electron chi connectivity index (χ4n) is 1.89. The van der Waals surface area contributed by atoms with Crippen LogP contribution in [-0.4, -0.2) is 0 Å². The van der Waals surface area contributed by atoms with Gasteiger partial charge < -0.3 is 0 Å². The van der Waals surface area contributed by atoms with Crippen LogP contribution in [0.2, 0.25) is 0 Å². The molecule has 0 nitrogen and oxygen atoms in total. The lowest BCUT2D eigenvalue weighted by Crippen LogP contribution is -1.84. The summed E-state index contributed by atoms with van der Waals surface area (Å²) in [7, 11) is 0. The highest BCUT2D eigenvalue weighted by Crippen LogP contribution is 2.37. The van der Waals surface area contributed by atoms with Gasteiger partial charge in [-0.15, -0.1) is 0 Å². The molecule has 1 aliphatic rings. The maximum absolute atomic E-state index is 4.16. The van der Waals surface area contributed by atoms with Crippen molar-refractivity contribution >= 4 is 0 Å². The lowest BCUT2D eigenvalue weighted by molar-refractivity contribution is 0.854. The Bertz CT molecular complexity index is 283. The van der Waals surface area contributed by atoms with E-state index in [-0.39, 0.29) is 0 Å². The fraction of sp³-hybridized carbons (Fsp3) is 0.625. The molecule has 0 N–H and O–H groups in total. The smallest absolute Gasteiger partial charge is 0.0205 e. The molecule has 90 valence electrons. The first-order valence-electron chi connectivity index (χ1n) is 6.56. The highest BCUT2D eigenvalue weighted by molar-refractivity contribution is 5.10. The molecule has 0 heteroatoms. The van der Waals surface area contributed by atoms with Crippen molar-refractivity contribution < 1.29 is 0 Å². The Labute approximate surface area is 101 Å². The molecule has 1 aliphatic carbocycles. The van der Waals surface area contributed by atoms with Gasteiger partial charge in [-0.3, -0.25) is 0 Å². The van der Waals surface area contributed by atoms with Crippen LogP contribution in [0.25, 0.3) is 0 Å². The van der Waals surface area contributed by atoms with E-state index in [1.165, 1.54) is 55.2 Å². The molecule has 16 heavy (non-hydrogen) atoms. The average Bonchev–Trinajstić information content (AvgIpc) is 2.99. The highest BCUT2D eigenvalue weighted by atomic mass is 14.3. The van der Waals surface area contributed by atoms with Gasteiger partial charge in [0.1, 0.15) is 0 Å². The quantitative estimate of drug-likeness (QED) is 0.500. The van der Waals surface area contributed by atoms with E-state index >= 15 is 0 Å². The molecule has 0 spiro atoms. The molecular weight excluding hydrogens is 192 g/mol. The molecule has 0 atom stereocenters. The Hall–Kier alpha value is -0.780. The van der Waals surface area contributed by atoms with Crippen molar-refractivity contribution in [1.29, 1.82) is 0 Å². The highest BCUT2D eigenvalue weighted by Gasteiger charge is 2.23. The molecular formula is C16H26. The van der Waals surface area contributed by atoms with Crippen LogP contribution in [0, 0.1) is 5.92 Å². The van der Waals surface area contributed by atoms with Gasteiger partial charge in [-0.2, -0.15) is 0 Å². The van der Waals surface area contributed by atoms with E-state index in [1.807, 2.05) is 0 Å². The van der Waals surface area contributed by atoms with Crippen molar-refractivity contribution in [2.45, 2.75) is 59.3 Å². The van der Waals surface area contributed by atoms with Crippen molar-refractivity contribution in [1.82, 2.24) is 0 Å². The number of hydrogen-bond acceptors (Lipinski definition) is 0. The van der Waals surface area contributed by atoms with Crippen LogP contribution in [0.15, 0.2) is 35.5 Å². The Morgan fingerprint density at radius 1 is 1.06 bits per heavy atom. The van der Waals surface area contributed by atoms with Crippen LogP contribution in [0.3, 0.4) is 0 Å². The van der Waals surface area contributed by atoms with Gasteiger partial charge in [0.2, 0.25) is 0 Å². The van der Waals surface area contributed by atoms with Gasteiger partial charge in [-0.25, -0.2) is 0 Å². The van der Waals surface area contributed by atoms with Crippen LogP contribution in [0.1, 0.15) is 59.3 Å². The van der Waals surface area contributed by atoms with Gasteiger partial charge in [0.15, 0.2) is 0 Å². The van der Waals surface area contributed by atoms with Crippen LogP contribution in [-0.2, 0) is 0 Å². The standard InChI is InChI=1S/C16H26/c1-13(2)7-5-8-14(3)9-6-10-15(4)16-11-12-16/h7,9,16H,4-6,8,10-12H2,1-3H3. The monoisotopic (exact) mass is 218 g/mol. The summed E-state index contributed by atoms with van der Waals surface area (Å²) in [5.41, 5.74) is 4.43. The third-order valence-corrected chi connectivity index (χ3v) is 3.20. The van der Waals surface area contributed by atoms with Crippen molar-refractivity contribution in [2.75, 3.05) is 0 Å². The molecule has 0 aliphatic heterocycles. The van der Waals surface area contributed by atoms with Crippen LogP contribution in [0.4, 0.5) is 0 Å². The summed E-state index contributed by atoms with van der Waals surface area (Å²) >= 11 is 0. The molecule has 0 saturated heterocycles. The van der Waals surface area contributed by atoms with E-state index in [4.69, 9.17) is 0 Å². The van der Waals surface area contributed by atoms with Gasteiger partial charge in [0.25, 0.3) is 0 Å². The summed E-state index contributed by atoms with van der Waals surface area (Å²) < 4.78 is 0.